The molecule has 3 aliphatic heterocycles. The molecule has 37 heavy (non-hydrogen) atoms. The van der Waals surface area contributed by atoms with E-state index in [1.807, 2.05) is 12.1 Å². The number of benzene rings is 1. The monoisotopic (exact) mass is 545 g/mol. The molecule has 0 aromatic heterocycles. The summed E-state index contributed by atoms with van der Waals surface area (Å²) in [4.78, 5) is 47.0. The van der Waals surface area contributed by atoms with Gasteiger partial charge in [0, 0.05) is 38.5 Å². The Balaban J connectivity index is 1.74. The number of hydrogen-bond acceptors (Lipinski definition) is 5. The van der Waals surface area contributed by atoms with Crippen LogP contribution in [0.2, 0.25) is 5.02 Å². The van der Waals surface area contributed by atoms with Gasteiger partial charge in [0.1, 0.15) is 6.04 Å². The Kier molecular flexibility index (Phi) is 8.71. The maximum absolute atomic E-state index is 14.4. The van der Waals surface area contributed by atoms with Crippen molar-refractivity contribution in [1.82, 2.24) is 9.80 Å². The Morgan fingerprint density at radius 1 is 1.19 bits per heavy atom. The summed E-state index contributed by atoms with van der Waals surface area (Å²) >= 11 is 8.17. The van der Waals surface area contributed by atoms with Crippen LogP contribution in [0.4, 0.5) is 5.69 Å². The minimum absolute atomic E-state index is 0.00808. The first-order valence-corrected chi connectivity index (χ1v) is 14.2. The summed E-state index contributed by atoms with van der Waals surface area (Å²) in [5.74, 6) is -1.35. The van der Waals surface area contributed by atoms with Gasteiger partial charge in [0.2, 0.25) is 11.8 Å². The second kappa shape index (κ2) is 11.6. The second-order valence-electron chi connectivity index (χ2n) is 10.1. The van der Waals surface area contributed by atoms with E-state index < -0.39 is 22.6 Å². The molecule has 1 aromatic carbocycles. The summed E-state index contributed by atoms with van der Waals surface area (Å²) in [6, 6.07) is 6.49. The van der Waals surface area contributed by atoms with Crippen molar-refractivity contribution in [3.63, 3.8) is 0 Å². The van der Waals surface area contributed by atoms with Crippen molar-refractivity contribution in [3.05, 3.63) is 54.6 Å². The molecule has 2 bridgehead atoms. The van der Waals surface area contributed by atoms with E-state index in [1.54, 1.807) is 57.8 Å². The molecular formula is C28H36ClN3O4S. The minimum atomic E-state index is -0.701. The lowest BCUT2D eigenvalue weighted by molar-refractivity contribution is -0.143. The second-order valence-corrected chi connectivity index (χ2v) is 12.1. The van der Waals surface area contributed by atoms with Crippen molar-refractivity contribution < 1.29 is 19.5 Å². The first-order chi connectivity index (χ1) is 17.8. The summed E-state index contributed by atoms with van der Waals surface area (Å²) in [6.07, 6.45) is 6.91. The Bertz CT molecular complexity index is 1070. The molecule has 0 saturated carbocycles. The van der Waals surface area contributed by atoms with Crippen LogP contribution in [0.5, 0.6) is 0 Å². The van der Waals surface area contributed by atoms with Crippen molar-refractivity contribution in [1.29, 1.82) is 0 Å². The molecule has 3 amide bonds. The zero-order valence-corrected chi connectivity index (χ0v) is 22.9. The predicted octanol–water partition coefficient (Wildman–Crippen LogP) is 3.76. The van der Waals surface area contributed by atoms with Crippen molar-refractivity contribution in [3.8, 4) is 0 Å². The van der Waals surface area contributed by atoms with Crippen molar-refractivity contribution in [2.75, 3.05) is 38.2 Å². The van der Waals surface area contributed by atoms with Gasteiger partial charge in [0.25, 0.3) is 5.91 Å². The molecule has 3 saturated heterocycles. The fourth-order valence-electron chi connectivity index (χ4n) is 6.32. The quantitative estimate of drug-likeness (QED) is 0.319. The largest absolute Gasteiger partial charge is 0.396 e. The smallest absolute Gasteiger partial charge is 0.251 e. The highest BCUT2D eigenvalue weighted by atomic mass is 35.5. The number of carbonyl (C=O) groups excluding carboxylic acids is 3. The third kappa shape index (κ3) is 4.84. The van der Waals surface area contributed by atoms with E-state index >= 15 is 0 Å². The number of carbonyl (C=O) groups is 3. The zero-order chi connectivity index (χ0) is 26.7. The summed E-state index contributed by atoms with van der Waals surface area (Å²) in [7, 11) is 1.74. The summed E-state index contributed by atoms with van der Waals surface area (Å²) in [6.45, 7) is 8.76. The number of hydrogen-bond donors (Lipinski definition) is 1. The van der Waals surface area contributed by atoms with Gasteiger partial charge in [0.15, 0.2) is 0 Å². The molecule has 4 rings (SSSR count). The molecular weight excluding hydrogens is 510 g/mol. The topological polar surface area (TPSA) is 81.2 Å². The molecule has 1 N–H and O–H groups in total. The molecule has 3 heterocycles. The Morgan fingerprint density at radius 2 is 1.92 bits per heavy atom. The molecule has 200 valence electrons. The highest BCUT2D eigenvalue weighted by Crippen LogP contribution is 2.66. The number of fused-ring (bicyclic) bond motifs is 1. The number of likely N-dealkylation sites (N-methyl/N-ethyl adjacent to an activating group) is 1. The first-order valence-electron chi connectivity index (χ1n) is 12.9. The Hall–Kier alpha value is -2.29. The van der Waals surface area contributed by atoms with E-state index in [-0.39, 0.29) is 36.1 Å². The first kappa shape index (κ1) is 27.7. The fourth-order valence-corrected chi connectivity index (χ4v) is 8.76. The van der Waals surface area contributed by atoms with Crippen LogP contribution in [0.3, 0.4) is 0 Å². The molecule has 3 fully saturated rings. The Morgan fingerprint density at radius 3 is 2.59 bits per heavy atom. The number of para-hydroxylation sites is 1. The molecule has 1 aromatic rings. The van der Waals surface area contributed by atoms with Crippen molar-refractivity contribution in [2.24, 2.45) is 11.8 Å². The fraction of sp³-hybridized carbons (Fsp3) is 0.536. The van der Waals surface area contributed by atoms with Gasteiger partial charge in [0.05, 0.1) is 27.3 Å². The van der Waals surface area contributed by atoms with E-state index in [2.05, 4.69) is 13.2 Å². The number of aliphatic hydroxyl groups is 1. The highest BCUT2D eigenvalue weighted by Gasteiger charge is 2.73. The standard InChI is InChI=1S/C28H36ClN3O4S/c1-4-15-30(3)25(34)22-21-13-14-28(37-21)23(22)26(35)32(17-9-6-10-18-33)24(28)27(36)31(16-5-2)20-12-8-7-11-19(20)29/h4-5,7-8,11-12,21-24,33H,1-2,6,9-10,13-18H2,3H3/t21-,22+,23+,24?,28?/m1/s1. The summed E-state index contributed by atoms with van der Waals surface area (Å²) < 4.78 is -0.661. The van der Waals surface area contributed by atoms with Gasteiger partial charge >= 0.3 is 0 Å². The molecule has 3 aliphatic rings. The Labute approximate surface area is 228 Å². The average molecular weight is 546 g/mol. The van der Waals surface area contributed by atoms with E-state index in [0.717, 1.165) is 12.8 Å². The lowest BCUT2D eigenvalue weighted by Crippen LogP contribution is -2.55. The van der Waals surface area contributed by atoms with Gasteiger partial charge in [-0.3, -0.25) is 14.4 Å². The van der Waals surface area contributed by atoms with Crippen LogP contribution in [0, 0.1) is 11.8 Å². The molecule has 0 aliphatic carbocycles. The maximum atomic E-state index is 14.4. The van der Waals surface area contributed by atoms with Crippen LogP contribution in [-0.2, 0) is 14.4 Å². The number of amides is 3. The minimum Gasteiger partial charge on any atom is -0.396 e. The number of nitrogens with zero attached hydrogens (tertiary/aromatic N) is 3. The average Bonchev–Trinajstić information content (AvgIpc) is 3.52. The van der Waals surface area contributed by atoms with E-state index in [1.165, 1.54) is 0 Å². The number of halogens is 1. The van der Waals surface area contributed by atoms with Gasteiger partial charge in [-0.15, -0.1) is 24.9 Å². The number of anilines is 1. The van der Waals surface area contributed by atoms with Gasteiger partial charge in [-0.2, -0.15) is 0 Å². The summed E-state index contributed by atoms with van der Waals surface area (Å²) in [5.41, 5.74) is 0.581. The SMILES string of the molecule is C=CCN(C)C(=O)[C@@H]1[C@H]2C(=O)N(CCCCCO)C(C(=O)N(CC=C)c3ccccc3Cl)C23CC[C@H]1S3. The molecule has 0 radical (unpaired) electrons. The third-order valence-corrected chi connectivity index (χ3v) is 10.1. The van der Waals surface area contributed by atoms with Crippen LogP contribution in [0.25, 0.3) is 0 Å². The molecule has 2 unspecified atom stereocenters. The zero-order valence-electron chi connectivity index (χ0n) is 21.4. The number of likely N-dealkylation sites (tertiary alicyclic amines) is 1. The van der Waals surface area contributed by atoms with Crippen LogP contribution in [-0.4, -0.2) is 82.0 Å². The van der Waals surface area contributed by atoms with Crippen LogP contribution in [0.15, 0.2) is 49.6 Å². The molecule has 5 atom stereocenters. The number of thioether (sulfide) groups is 1. The number of aliphatic hydroxyl groups excluding tert-OH is 1. The van der Waals surface area contributed by atoms with Gasteiger partial charge in [-0.25, -0.2) is 0 Å². The van der Waals surface area contributed by atoms with Gasteiger partial charge in [-0.05, 0) is 44.2 Å². The van der Waals surface area contributed by atoms with E-state index in [0.29, 0.717) is 43.1 Å². The van der Waals surface area contributed by atoms with Crippen LogP contribution in [0.1, 0.15) is 32.1 Å². The lowest BCUT2D eigenvalue weighted by Gasteiger charge is -2.37. The maximum Gasteiger partial charge on any atom is 0.251 e. The van der Waals surface area contributed by atoms with Crippen LogP contribution < -0.4 is 4.90 Å². The van der Waals surface area contributed by atoms with Crippen molar-refractivity contribution >= 4 is 46.8 Å². The highest BCUT2D eigenvalue weighted by molar-refractivity contribution is 8.02. The third-order valence-electron chi connectivity index (χ3n) is 7.88. The van der Waals surface area contributed by atoms with Crippen LogP contribution >= 0.6 is 23.4 Å². The van der Waals surface area contributed by atoms with Crippen molar-refractivity contribution in [2.45, 2.75) is 48.1 Å². The van der Waals surface area contributed by atoms with E-state index in [9.17, 15) is 19.5 Å². The van der Waals surface area contributed by atoms with E-state index in [4.69, 9.17) is 11.6 Å². The number of unbranched alkanes of at least 4 members (excludes halogenated alkanes) is 2. The normalized spacial score (nSPS) is 27.8. The van der Waals surface area contributed by atoms with Gasteiger partial charge < -0.3 is 19.8 Å². The summed E-state index contributed by atoms with van der Waals surface area (Å²) in [5, 5.41) is 9.69. The molecule has 1 spiro atoms. The molecule has 9 heteroatoms. The van der Waals surface area contributed by atoms with Gasteiger partial charge in [-0.1, -0.05) is 35.9 Å². The lowest BCUT2D eigenvalue weighted by atomic mass is 9.70. The number of rotatable bonds is 12. The molecule has 7 nitrogen and oxygen atoms in total. The predicted molar refractivity (Wildman–Crippen MR) is 149 cm³/mol.